The minimum absolute atomic E-state index is 0.369. The van der Waals surface area contributed by atoms with Gasteiger partial charge in [0.25, 0.3) is 0 Å². The standard InChI is InChI=1S/C19H33N3O3S/c1-6-20-19(21-10-12-25-11-9-15(2)3)22-14-17-7-8-18(16(4)13-17)26(5,23)24/h7-8,13,15H,6,9-12,14H2,1-5H3,(H2,20,21,22). The molecule has 0 saturated carbocycles. The van der Waals surface area contributed by atoms with Gasteiger partial charge in [-0.1, -0.05) is 26.0 Å². The molecule has 0 radical (unpaired) electrons. The minimum atomic E-state index is -3.19. The quantitative estimate of drug-likeness (QED) is 0.369. The molecule has 1 aromatic carbocycles. The maximum Gasteiger partial charge on any atom is 0.191 e. The fourth-order valence-electron chi connectivity index (χ4n) is 2.40. The first-order chi connectivity index (χ1) is 12.2. The van der Waals surface area contributed by atoms with Gasteiger partial charge in [-0.05, 0) is 43.4 Å². The second kappa shape index (κ2) is 11.2. The number of nitrogens with one attached hydrogen (secondary N) is 2. The molecular weight excluding hydrogens is 350 g/mol. The number of nitrogens with zero attached hydrogens (tertiary/aromatic N) is 1. The lowest BCUT2D eigenvalue weighted by Gasteiger charge is -2.12. The predicted octanol–water partition coefficient (Wildman–Crippen LogP) is 2.52. The van der Waals surface area contributed by atoms with E-state index in [9.17, 15) is 8.42 Å². The Balaban J connectivity index is 2.57. The van der Waals surface area contributed by atoms with E-state index in [-0.39, 0.29) is 0 Å². The van der Waals surface area contributed by atoms with Crippen LogP contribution in [-0.2, 0) is 21.1 Å². The fourth-order valence-corrected chi connectivity index (χ4v) is 3.36. The number of hydrogen-bond acceptors (Lipinski definition) is 4. The number of benzene rings is 1. The average Bonchev–Trinajstić information content (AvgIpc) is 2.54. The Morgan fingerprint density at radius 2 is 1.96 bits per heavy atom. The number of hydrogen-bond donors (Lipinski definition) is 2. The average molecular weight is 384 g/mol. The third-order valence-electron chi connectivity index (χ3n) is 3.78. The fraction of sp³-hybridized carbons (Fsp3) is 0.632. The number of aryl methyl sites for hydroxylation is 1. The number of rotatable bonds is 10. The van der Waals surface area contributed by atoms with Crippen molar-refractivity contribution < 1.29 is 13.2 Å². The summed E-state index contributed by atoms with van der Waals surface area (Å²) in [4.78, 5) is 4.92. The monoisotopic (exact) mass is 383 g/mol. The van der Waals surface area contributed by atoms with E-state index in [0.717, 1.165) is 36.7 Å². The molecule has 0 fully saturated rings. The SMILES string of the molecule is CCNC(=NCc1ccc(S(C)(=O)=O)c(C)c1)NCCOCCC(C)C. The highest BCUT2D eigenvalue weighted by atomic mass is 32.2. The zero-order valence-electron chi connectivity index (χ0n) is 16.6. The van der Waals surface area contributed by atoms with Gasteiger partial charge in [-0.25, -0.2) is 13.4 Å². The summed E-state index contributed by atoms with van der Waals surface area (Å²) in [7, 11) is -3.19. The van der Waals surface area contributed by atoms with Gasteiger partial charge in [-0.15, -0.1) is 0 Å². The topological polar surface area (TPSA) is 79.8 Å². The van der Waals surface area contributed by atoms with Crippen LogP contribution >= 0.6 is 0 Å². The van der Waals surface area contributed by atoms with Crippen molar-refractivity contribution in [2.24, 2.45) is 10.9 Å². The van der Waals surface area contributed by atoms with Gasteiger partial charge in [0, 0.05) is 26.0 Å². The van der Waals surface area contributed by atoms with E-state index in [0.29, 0.717) is 30.5 Å². The van der Waals surface area contributed by atoms with Gasteiger partial charge in [0.2, 0.25) is 0 Å². The van der Waals surface area contributed by atoms with Gasteiger partial charge in [0.05, 0.1) is 18.0 Å². The number of aliphatic imine (C=N–C) groups is 1. The lowest BCUT2D eigenvalue weighted by atomic mass is 10.1. The molecule has 0 saturated heterocycles. The summed E-state index contributed by atoms with van der Waals surface area (Å²) in [5, 5.41) is 6.45. The predicted molar refractivity (Wildman–Crippen MR) is 107 cm³/mol. The van der Waals surface area contributed by atoms with E-state index in [4.69, 9.17) is 4.74 Å². The Morgan fingerprint density at radius 3 is 2.54 bits per heavy atom. The molecule has 7 heteroatoms. The van der Waals surface area contributed by atoms with Gasteiger partial charge >= 0.3 is 0 Å². The molecule has 26 heavy (non-hydrogen) atoms. The smallest absolute Gasteiger partial charge is 0.191 e. The Kier molecular flexibility index (Phi) is 9.65. The summed E-state index contributed by atoms with van der Waals surface area (Å²) in [5.74, 6) is 1.38. The van der Waals surface area contributed by atoms with Crippen molar-refractivity contribution in [1.29, 1.82) is 0 Å². The molecule has 0 unspecified atom stereocenters. The molecule has 1 aromatic rings. The lowest BCUT2D eigenvalue weighted by molar-refractivity contribution is 0.128. The zero-order chi connectivity index (χ0) is 19.6. The zero-order valence-corrected chi connectivity index (χ0v) is 17.4. The van der Waals surface area contributed by atoms with E-state index in [2.05, 4.69) is 29.5 Å². The van der Waals surface area contributed by atoms with E-state index in [1.54, 1.807) is 6.07 Å². The molecule has 0 bridgehead atoms. The Hall–Kier alpha value is -1.60. The summed E-state index contributed by atoms with van der Waals surface area (Å²) < 4.78 is 29.0. The van der Waals surface area contributed by atoms with E-state index in [1.807, 2.05) is 26.0 Å². The van der Waals surface area contributed by atoms with Gasteiger partial charge in [-0.2, -0.15) is 0 Å². The number of sulfone groups is 1. The van der Waals surface area contributed by atoms with Gasteiger partial charge in [0.15, 0.2) is 15.8 Å². The van der Waals surface area contributed by atoms with Crippen molar-refractivity contribution in [3.8, 4) is 0 Å². The van der Waals surface area contributed by atoms with E-state index in [1.165, 1.54) is 6.26 Å². The van der Waals surface area contributed by atoms with Crippen molar-refractivity contribution in [1.82, 2.24) is 10.6 Å². The van der Waals surface area contributed by atoms with Crippen LogP contribution in [0.5, 0.6) is 0 Å². The number of ether oxygens (including phenoxy) is 1. The molecule has 0 aliphatic carbocycles. The van der Waals surface area contributed by atoms with Crippen molar-refractivity contribution in [3.05, 3.63) is 29.3 Å². The summed E-state index contributed by atoms with van der Waals surface area (Å²) >= 11 is 0. The molecular formula is C19H33N3O3S. The highest BCUT2D eigenvalue weighted by Crippen LogP contribution is 2.17. The summed E-state index contributed by atoms with van der Waals surface area (Å²) in [6.45, 7) is 11.5. The second-order valence-corrected chi connectivity index (χ2v) is 8.77. The van der Waals surface area contributed by atoms with Crippen LogP contribution in [0.2, 0.25) is 0 Å². The van der Waals surface area contributed by atoms with Crippen LogP contribution in [0.3, 0.4) is 0 Å². The molecule has 0 heterocycles. The molecule has 2 N–H and O–H groups in total. The largest absolute Gasteiger partial charge is 0.380 e. The first kappa shape index (κ1) is 22.4. The third-order valence-corrected chi connectivity index (χ3v) is 5.04. The third kappa shape index (κ3) is 8.67. The molecule has 0 aliphatic heterocycles. The highest BCUT2D eigenvalue weighted by molar-refractivity contribution is 7.90. The van der Waals surface area contributed by atoms with Crippen LogP contribution in [0.25, 0.3) is 0 Å². The maximum absolute atomic E-state index is 11.7. The molecule has 0 aromatic heterocycles. The highest BCUT2D eigenvalue weighted by Gasteiger charge is 2.10. The first-order valence-corrected chi connectivity index (χ1v) is 11.0. The minimum Gasteiger partial charge on any atom is -0.380 e. The van der Waals surface area contributed by atoms with Crippen LogP contribution in [0, 0.1) is 12.8 Å². The van der Waals surface area contributed by atoms with Gasteiger partial charge in [0.1, 0.15) is 0 Å². The normalized spacial score (nSPS) is 12.5. The summed E-state index contributed by atoms with van der Waals surface area (Å²) in [6, 6.07) is 5.34. The summed E-state index contributed by atoms with van der Waals surface area (Å²) in [5.41, 5.74) is 1.72. The van der Waals surface area contributed by atoms with Crippen LogP contribution in [0.1, 0.15) is 38.3 Å². The van der Waals surface area contributed by atoms with E-state index >= 15 is 0 Å². The molecule has 1 rings (SSSR count). The van der Waals surface area contributed by atoms with Gasteiger partial charge in [-0.3, -0.25) is 0 Å². The first-order valence-electron chi connectivity index (χ1n) is 9.13. The molecule has 148 valence electrons. The number of guanidine groups is 1. The molecule has 0 amide bonds. The van der Waals surface area contributed by atoms with Crippen molar-refractivity contribution >= 4 is 15.8 Å². The maximum atomic E-state index is 11.7. The van der Waals surface area contributed by atoms with Crippen LogP contribution in [0.4, 0.5) is 0 Å². The van der Waals surface area contributed by atoms with Crippen LogP contribution in [-0.4, -0.2) is 46.9 Å². The summed E-state index contributed by atoms with van der Waals surface area (Å²) in [6.07, 6.45) is 2.29. The van der Waals surface area contributed by atoms with Crippen LogP contribution < -0.4 is 10.6 Å². The Labute approximate surface area is 158 Å². The molecule has 0 atom stereocenters. The lowest BCUT2D eigenvalue weighted by Crippen LogP contribution is -2.39. The molecule has 0 spiro atoms. The van der Waals surface area contributed by atoms with Crippen molar-refractivity contribution in [3.63, 3.8) is 0 Å². The van der Waals surface area contributed by atoms with Crippen molar-refractivity contribution in [2.45, 2.75) is 45.6 Å². The van der Waals surface area contributed by atoms with Gasteiger partial charge < -0.3 is 15.4 Å². The second-order valence-electron chi connectivity index (χ2n) is 6.79. The van der Waals surface area contributed by atoms with Crippen LogP contribution in [0.15, 0.2) is 28.1 Å². The molecule has 6 nitrogen and oxygen atoms in total. The molecule has 0 aliphatic rings. The van der Waals surface area contributed by atoms with Crippen molar-refractivity contribution in [2.75, 3.05) is 32.6 Å². The Morgan fingerprint density at radius 1 is 1.23 bits per heavy atom. The van der Waals surface area contributed by atoms with E-state index < -0.39 is 9.84 Å². The Bertz CT molecular complexity index is 685.